The zero-order valence-electron chi connectivity index (χ0n) is 25.1. The highest BCUT2D eigenvalue weighted by Gasteiger charge is 2.29. The Bertz CT molecular complexity index is 1600. The van der Waals surface area contributed by atoms with E-state index in [4.69, 9.17) is 14.7 Å². The van der Waals surface area contributed by atoms with Crippen LogP contribution in [0.15, 0.2) is 108 Å². The number of rotatable bonds is 11. The molecule has 4 aromatic carbocycles. The number of carboxylic acids is 1. The molecule has 1 unspecified atom stereocenters. The molecule has 0 saturated carbocycles. The van der Waals surface area contributed by atoms with Crippen molar-refractivity contribution in [2.75, 3.05) is 39.4 Å². The number of aryl methyl sites for hydroxylation is 1. The van der Waals surface area contributed by atoms with Crippen LogP contribution in [0.3, 0.4) is 0 Å². The predicted molar refractivity (Wildman–Crippen MR) is 171 cm³/mol. The monoisotopic (exact) mass is 591 g/mol. The van der Waals surface area contributed by atoms with E-state index < -0.39 is 12.6 Å². The summed E-state index contributed by atoms with van der Waals surface area (Å²) >= 11 is 0. The number of carbonyl (C=O) groups is 2. The third-order valence-electron chi connectivity index (χ3n) is 7.85. The first kappa shape index (κ1) is 30.5. The number of aliphatic carboxylic acids is 1. The van der Waals surface area contributed by atoms with Crippen LogP contribution in [0.4, 0.5) is 0 Å². The van der Waals surface area contributed by atoms with Crippen molar-refractivity contribution in [3.8, 4) is 16.9 Å². The normalized spacial score (nSPS) is 14.6. The Balaban J connectivity index is 1.17. The van der Waals surface area contributed by atoms with Gasteiger partial charge in [0, 0.05) is 26.2 Å². The molecule has 44 heavy (non-hydrogen) atoms. The fraction of sp³-hybridized carbons (Fsp3) is 0.250. The Morgan fingerprint density at radius 1 is 0.818 bits per heavy atom. The minimum atomic E-state index is -1.07. The van der Waals surface area contributed by atoms with Crippen LogP contribution in [0.5, 0.6) is 5.75 Å². The zero-order chi connectivity index (χ0) is 30.9. The molecule has 0 radical (unpaired) electrons. The molecule has 0 aromatic heterocycles. The smallest absolute Gasteiger partial charge is 0.344 e. The Labute approximate surface area is 258 Å². The molecule has 1 aliphatic rings. The van der Waals surface area contributed by atoms with E-state index >= 15 is 0 Å². The van der Waals surface area contributed by atoms with Gasteiger partial charge in [0.05, 0.1) is 11.8 Å². The first-order valence-corrected chi connectivity index (χ1v) is 14.7. The second-order valence-electron chi connectivity index (χ2n) is 10.8. The van der Waals surface area contributed by atoms with Gasteiger partial charge < -0.3 is 19.6 Å². The van der Waals surface area contributed by atoms with Crippen LogP contribution in [0.1, 0.15) is 35.2 Å². The van der Waals surface area contributed by atoms with Crippen molar-refractivity contribution >= 4 is 17.6 Å². The van der Waals surface area contributed by atoms with Crippen molar-refractivity contribution in [2.45, 2.75) is 19.9 Å². The van der Waals surface area contributed by atoms with Crippen LogP contribution in [0.25, 0.3) is 11.1 Å². The quantitative estimate of drug-likeness (QED) is 0.175. The summed E-state index contributed by atoms with van der Waals surface area (Å²) in [4.78, 5) is 32.9. The highest BCUT2D eigenvalue weighted by Crippen LogP contribution is 2.31. The van der Waals surface area contributed by atoms with Crippen molar-refractivity contribution in [2.24, 2.45) is 5.16 Å². The summed E-state index contributed by atoms with van der Waals surface area (Å²) < 4.78 is 5.95. The average Bonchev–Trinajstić information content (AvgIpc) is 3.05. The number of piperazine rings is 1. The maximum absolute atomic E-state index is 13.1. The number of ether oxygens (including phenoxy) is 1. The molecule has 0 spiro atoms. The van der Waals surface area contributed by atoms with Crippen molar-refractivity contribution in [3.05, 3.63) is 125 Å². The minimum Gasteiger partial charge on any atom is -0.484 e. The van der Waals surface area contributed by atoms with Gasteiger partial charge in [0.25, 0.3) is 5.91 Å². The highest BCUT2D eigenvalue weighted by molar-refractivity contribution is 5.98. The lowest BCUT2D eigenvalue weighted by Gasteiger charge is -2.40. The summed E-state index contributed by atoms with van der Waals surface area (Å²) in [6, 6.07) is 34.6. The molecule has 1 atom stereocenters. The Morgan fingerprint density at radius 3 is 2.23 bits per heavy atom. The second kappa shape index (κ2) is 14.5. The molecule has 5 rings (SSSR count). The van der Waals surface area contributed by atoms with Gasteiger partial charge in [-0.25, -0.2) is 4.79 Å². The number of amides is 1. The topological polar surface area (TPSA) is 91.7 Å². The van der Waals surface area contributed by atoms with E-state index in [1.807, 2.05) is 59.5 Å². The molecular weight excluding hydrogens is 554 g/mol. The van der Waals surface area contributed by atoms with E-state index in [1.165, 1.54) is 16.7 Å². The minimum absolute atomic E-state index is 0.0195. The summed E-state index contributed by atoms with van der Waals surface area (Å²) in [6.45, 7) is 6.26. The van der Waals surface area contributed by atoms with Gasteiger partial charge in [0.2, 0.25) is 6.61 Å². The summed E-state index contributed by atoms with van der Waals surface area (Å²) in [5.41, 5.74) is 7.15. The van der Waals surface area contributed by atoms with Gasteiger partial charge in [-0.15, -0.1) is 0 Å². The lowest BCUT2D eigenvalue weighted by molar-refractivity contribution is -0.142. The molecule has 1 N–H and O–H groups in total. The molecule has 1 saturated heterocycles. The number of carbonyl (C=O) groups excluding carboxylic acids is 1. The van der Waals surface area contributed by atoms with Crippen LogP contribution in [-0.2, 0) is 14.4 Å². The van der Waals surface area contributed by atoms with Gasteiger partial charge in [-0.3, -0.25) is 9.69 Å². The van der Waals surface area contributed by atoms with Crippen molar-refractivity contribution in [1.29, 1.82) is 0 Å². The molecule has 1 heterocycles. The molecule has 1 aliphatic heterocycles. The molecule has 0 aliphatic carbocycles. The number of nitrogens with zero attached hydrogens (tertiary/aromatic N) is 3. The number of oxime groups is 1. The summed E-state index contributed by atoms with van der Waals surface area (Å²) in [5, 5.41) is 12.5. The molecular formula is C36H37N3O5. The summed E-state index contributed by atoms with van der Waals surface area (Å²) in [5.74, 6) is -0.470. The third kappa shape index (κ3) is 7.71. The molecule has 0 bridgehead atoms. The molecule has 1 amide bonds. The lowest BCUT2D eigenvalue weighted by Crippen LogP contribution is -2.51. The molecule has 4 aromatic rings. The van der Waals surface area contributed by atoms with Crippen LogP contribution in [-0.4, -0.2) is 71.9 Å². The Morgan fingerprint density at radius 2 is 1.52 bits per heavy atom. The third-order valence-corrected chi connectivity index (χ3v) is 7.85. The Hall–Kier alpha value is -4.95. The van der Waals surface area contributed by atoms with E-state index in [0.717, 1.165) is 29.8 Å². The van der Waals surface area contributed by atoms with Crippen LogP contribution >= 0.6 is 0 Å². The van der Waals surface area contributed by atoms with E-state index in [2.05, 4.69) is 65.5 Å². The van der Waals surface area contributed by atoms with Gasteiger partial charge >= 0.3 is 5.97 Å². The fourth-order valence-electron chi connectivity index (χ4n) is 5.49. The first-order valence-electron chi connectivity index (χ1n) is 14.7. The number of hydrogen-bond donors (Lipinski definition) is 1. The van der Waals surface area contributed by atoms with Gasteiger partial charge in [0.15, 0.2) is 6.61 Å². The summed E-state index contributed by atoms with van der Waals surface area (Å²) in [6.07, 6.45) is 0. The molecule has 1 fully saturated rings. The SMILES string of the molecule is C/C(=N\OCC(=O)O)c1ccc(-c2cccc(OCC(=O)N3CCN(C(c4ccccc4)c4ccccc4C)CC3)c2)cc1. The largest absolute Gasteiger partial charge is 0.484 e. The Kier molecular flexibility index (Phi) is 10.0. The molecule has 8 nitrogen and oxygen atoms in total. The van der Waals surface area contributed by atoms with Gasteiger partial charge in [0.1, 0.15) is 5.75 Å². The predicted octanol–water partition coefficient (Wildman–Crippen LogP) is 5.80. The standard InChI is InChI=1S/C36H37N3O5/c1-26-9-6-7-14-33(26)36(30-10-4-3-5-11-30)39-21-19-38(20-22-39)34(40)24-43-32-13-8-12-31(23-32)29-17-15-28(16-18-29)27(2)37-44-25-35(41)42/h3-18,23,36H,19-22,24-25H2,1-2H3,(H,41,42)/b37-27+. The van der Waals surface area contributed by atoms with Crippen molar-refractivity contribution < 1.29 is 24.3 Å². The van der Waals surface area contributed by atoms with Crippen LogP contribution in [0, 0.1) is 6.92 Å². The van der Waals surface area contributed by atoms with Crippen LogP contribution in [0.2, 0.25) is 0 Å². The maximum Gasteiger partial charge on any atom is 0.344 e. The highest BCUT2D eigenvalue weighted by atomic mass is 16.6. The van der Waals surface area contributed by atoms with Gasteiger partial charge in [-0.05, 0) is 59.4 Å². The molecule has 226 valence electrons. The van der Waals surface area contributed by atoms with Crippen LogP contribution < -0.4 is 4.74 Å². The van der Waals surface area contributed by atoms with Crippen molar-refractivity contribution in [3.63, 3.8) is 0 Å². The lowest BCUT2D eigenvalue weighted by atomic mass is 9.93. The number of carboxylic acid groups (broad SMARTS) is 1. The number of benzene rings is 4. The molecule has 8 heteroatoms. The van der Waals surface area contributed by atoms with Crippen molar-refractivity contribution in [1.82, 2.24) is 9.80 Å². The van der Waals surface area contributed by atoms with Gasteiger partial charge in [-0.1, -0.05) is 96.2 Å². The van der Waals surface area contributed by atoms with E-state index in [1.54, 1.807) is 6.92 Å². The maximum atomic E-state index is 13.1. The number of hydrogen-bond acceptors (Lipinski definition) is 6. The first-order chi connectivity index (χ1) is 21.4. The van der Waals surface area contributed by atoms with E-state index in [9.17, 15) is 9.59 Å². The van der Waals surface area contributed by atoms with Gasteiger partial charge in [-0.2, -0.15) is 0 Å². The second-order valence-corrected chi connectivity index (χ2v) is 10.8. The average molecular weight is 592 g/mol. The summed E-state index contributed by atoms with van der Waals surface area (Å²) in [7, 11) is 0. The van der Waals surface area contributed by atoms with E-state index in [0.29, 0.717) is 24.6 Å². The fourth-order valence-corrected chi connectivity index (χ4v) is 5.49. The van der Waals surface area contributed by atoms with E-state index in [-0.39, 0.29) is 18.6 Å². The zero-order valence-corrected chi connectivity index (χ0v) is 25.1.